The van der Waals surface area contributed by atoms with Gasteiger partial charge in [0.05, 0.1) is 38.3 Å². The van der Waals surface area contributed by atoms with Crippen molar-refractivity contribution in [2.75, 3.05) is 105 Å². The van der Waals surface area contributed by atoms with Crippen molar-refractivity contribution in [1.82, 2.24) is 20.4 Å². The maximum atomic E-state index is 13.5. The van der Waals surface area contributed by atoms with Crippen LogP contribution in [0, 0.1) is 27.7 Å². The summed E-state index contributed by atoms with van der Waals surface area (Å²) < 4.78 is 16.9. The molecule has 2 saturated carbocycles. The van der Waals surface area contributed by atoms with Crippen LogP contribution in [-0.2, 0) is 25.2 Å². The number of carbonyl (C=O) groups is 2. The lowest BCUT2D eigenvalue weighted by molar-refractivity contribution is -0.139. The highest BCUT2D eigenvalue weighted by Gasteiger charge is 2.37. The van der Waals surface area contributed by atoms with Crippen LogP contribution in [0.5, 0.6) is 11.5 Å². The van der Waals surface area contributed by atoms with Gasteiger partial charge in [0.1, 0.15) is 11.5 Å². The molecule has 13 heteroatoms. The zero-order chi connectivity index (χ0) is 64.0. The predicted molar refractivity (Wildman–Crippen MR) is 369 cm³/mol. The lowest BCUT2D eigenvalue weighted by Gasteiger charge is -2.31. The lowest BCUT2D eigenvalue weighted by Crippen LogP contribution is -2.41. The molecule has 2 aliphatic carbocycles. The number of aryl methyl sites for hydroxylation is 4. The molecule has 486 valence electrons. The molecule has 1 heterocycles. The van der Waals surface area contributed by atoms with E-state index in [0.717, 1.165) is 114 Å². The Hall–Kier alpha value is -6.42. The number of nitrogens with zero attached hydrogens (tertiary/aromatic N) is 2. The standard InChI is InChI=1S/C31H37NO2.C19H22O3.C12H17N.C8H22N4.C6H13NO/c1-24-20-25(2)22-28(21-24)34-19-11-16-29(26-12-5-3-6-13-26)30(33)32-23-31(17-9-10-18-31)27-14-7-4-8-15-27;1-14-11-15(2)13-17(12-14)22-10-6-9-18(19(20)21)16-7-4-3-5-8-16;13-10-12(8-4-5-9-12)11-6-2-1-3-7-11;1-2-11-5-8-12(6-3-9)7-4-10;1-2-7-3-5-8-6-4-7/h3-8,12-15,20-22,29H,9-11,16-19,23H2,1-2H3,(H,32,33);3-5,7-8,11-13,18H,6,9-10H2,1-2H3,(H,20,21);1-3,6-7H,4-5,8-10,13H2;11H,2-10H2,1H3;2-6H2,1H3. The van der Waals surface area contributed by atoms with Crippen LogP contribution >= 0.6 is 0 Å². The molecule has 9 rings (SSSR count). The normalized spacial score (nSPS) is 15.5. The van der Waals surface area contributed by atoms with Gasteiger partial charge in [-0.05, 0) is 161 Å². The number of rotatable bonds is 28. The molecule has 2 atom stereocenters. The zero-order valence-electron chi connectivity index (χ0n) is 55.1. The third-order valence-electron chi connectivity index (χ3n) is 17.4. The number of hydrogen-bond donors (Lipinski definition) is 6. The highest BCUT2D eigenvalue weighted by Crippen LogP contribution is 2.41. The topological polar surface area (TPSA) is 191 Å². The number of likely N-dealkylation sites (N-methyl/N-ethyl adjacent to an activating group) is 2. The molecule has 1 aliphatic heterocycles. The van der Waals surface area contributed by atoms with Crippen molar-refractivity contribution in [3.05, 3.63) is 202 Å². The number of carboxylic acid groups (broad SMARTS) is 1. The average molecular weight is 1220 g/mol. The second kappa shape index (κ2) is 41.8. The first-order valence-electron chi connectivity index (χ1n) is 33.2. The largest absolute Gasteiger partial charge is 0.494 e. The number of nitrogens with one attached hydrogen (secondary N) is 2. The van der Waals surface area contributed by atoms with E-state index in [2.05, 4.69) is 145 Å². The number of amides is 1. The third kappa shape index (κ3) is 26.5. The molecule has 1 amide bonds. The van der Waals surface area contributed by atoms with Crippen molar-refractivity contribution < 1.29 is 28.9 Å². The number of ether oxygens (including phenoxy) is 3. The highest BCUT2D eigenvalue weighted by molar-refractivity contribution is 5.83. The van der Waals surface area contributed by atoms with E-state index in [0.29, 0.717) is 51.1 Å². The fraction of sp³-hybridized carbons (Fsp3) is 0.500. The van der Waals surface area contributed by atoms with Gasteiger partial charge in [0.25, 0.3) is 0 Å². The predicted octanol–water partition coefficient (Wildman–Crippen LogP) is 12.8. The van der Waals surface area contributed by atoms with Gasteiger partial charge in [-0.15, -0.1) is 0 Å². The van der Waals surface area contributed by atoms with Gasteiger partial charge in [-0.3, -0.25) is 19.4 Å². The van der Waals surface area contributed by atoms with Crippen LogP contribution < -0.4 is 37.3 Å². The van der Waals surface area contributed by atoms with Crippen molar-refractivity contribution in [3.8, 4) is 11.5 Å². The number of carbonyl (C=O) groups excluding carboxylic acids is 1. The van der Waals surface area contributed by atoms with Crippen molar-refractivity contribution in [1.29, 1.82) is 0 Å². The van der Waals surface area contributed by atoms with Crippen molar-refractivity contribution >= 4 is 11.9 Å². The Morgan fingerprint density at radius 2 is 1.00 bits per heavy atom. The number of aliphatic carboxylic acids is 1. The van der Waals surface area contributed by atoms with Gasteiger partial charge < -0.3 is 47.2 Å². The molecule has 6 aromatic rings. The summed E-state index contributed by atoms with van der Waals surface area (Å²) >= 11 is 0. The van der Waals surface area contributed by atoms with E-state index in [1.165, 1.54) is 78.5 Å². The van der Waals surface area contributed by atoms with Crippen LogP contribution in [0.2, 0.25) is 0 Å². The average Bonchev–Trinajstić information content (AvgIpc) is 2.24. The summed E-state index contributed by atoms with van der Waals surface area (Å²) in [6.45, 7) is 26.9. The van der Waals surface area contributed by atoms with E-state index in [1.54, 1.807) is 0 Å². The number of nitrogens with two attached hydrogens (primary N) is 3. The Labute approximate surface area is 535 Å². The Bertz CT molecular complexity index is 2780. The fourth-order valence-corrected chi connectivity index (χ4v) is 12.5. The number of carboxylic acids is 1. The molecule has 9 N–H and O–H groups in total. The zero-order valence-corrected chi connectivity index (χ0v) is 55.1. The van der Waals surface area contributed by atoms with E-state index in [4.69, 9.17) is 31.4 Å². The molecule has 6 aromatic carbocycles. The third-order valence-corrected chi connectivity index (χ3v) is 17.4. The first kappa shape index (κ1) is 73.3. The SMILES string of the molecule is CCN1CCOCC1.CCNCCN(CCN)CCN.Cc1cc(C)cc(OCCCC(C(=O)NCC2(c3ccccc3)CCCC2)c2ccccc2)c1.Cc1cc(C)cc(OCCCC(C(=O)O)c2ccccc2)c1.NCC1(c2ccccc2)CCCC1. The van der Waals surface area contributed by atoms with Crippen LogP contribution in [0.3, 0.4) is 0 Å². The highest BCUT2D eigenvalue weighted by atomic mass is 16.5. The maximum Gasteiger partial charge on any atom is 0.310 e. The van der Waals surface area contributed by atoms with Crippen LogP contribution in [0.1, 0.15) is 147 Å². The summed E-state index contributed by atoms with van der Waals surface area (Å²) in [6, 6.07) is 53.4. The van der Waals surface area contributed by atoms with Crippen LogP contribution in [0.4, 0.5) is 0 Å². The van der Waals surface area contributed by atoms with E-state index in [-0.39, 0.29) is 17.2 Å². The Kier molecular flexibility index (Phi) is 34.4. The van der Waals surface area contributed by atoms with Gasteiger partial charge in [0.2, 0.25) is 5.91 Å². The number of hydrogen-bond acceptors (Lipinski definition) is 11. The minimum absolute atomic E-state index is 0.0598. The smallest absolute Gasteiger partial charge is 0.310 e. The van der Waals surface area contributed by atoms with Crippen molar-refractivity contribution in [2.45, 2.75) is 141 Å². The van der Waals surface area contributed by atoms with Gasteiger partial charge in [-0.2, -0.15) is 0 Å². The van der Waals surface area contributed by atoms with Gasteiger partial charge in [-0.25, -0.2) is 0 Å². The summed E-state index contributed by atoms with van der Waals surface area (Å²) in [5.41, 5.74) is 26.7. The Morgan fingerprint density at radius 3 is 1.40 bits per heavy atom. The quantitative estimate of drug-likeness (QED) is 0.0255. The molecule has 1 saturated heterocycles. The minimum Gasteiger partial charge on any atom is -0.494 e. The molecule has 3 fully saturated rings. The summed E-state index contributed by atoms with van der Waals surface area (Å²) in [5.74, 6) is 0.466. The molecule has 3 aliphatic rings. The Morgan fingerprint density at radius 1 is 0.584 bits per heavy atom. The molecular formula is C76H111N7O6. The molecule has 0 spiro atoms. The molecule has 2 unspecified atom stereocenters. The van der Waals surface area contributed by atoms with E-state index >= 15 is 0 Å². The van der Waals surface area contributed by atoms with Crippen LogP contribution in [0.15, 0.2) is 158 Å². The molecule has 0 bridgehead atoms. The fourth-order valence-electron chi connectivity index (χ4n) is 12.5. The second-order valence-corrected chi connectivity index (χ2v) is 24.3. The molecule has 0 aromatic heterocycles. The van der Waals surface area contributed by atoms with E-state index in [1.807, 2.05) is 74.5 Å². The van der Waals surface area contributed by atoms with E-state index < -0.39 is 11.9 Å². The van der Waals surface area contributed by atoms with Crippen molar-refractivity contribution in [3.63, 3.8) is 0 Å². The summed E-state index contributed by atoms with van der Waals surface area (Å²) in [7, 11) is 0. The van der Waals surface area contributed by atoms with Gasteiger partial charge in [0.15, 0.2) is 0 Å². The molecular weight excluding hydrogens is 1110 g/mol. The summed E-state index contributed by atoms with van der Waals surface area (Å²) in [5, 5.41) is 16.0. The summed E-state index contributed by atoms with van der Waals surface area (Å²) in [6.07, 6.45) is 12.8. The van der Waals surface area contributed by atoms with Crippen molar-refractivity contribution in [2.24, 2.45) is 17.2 Å². The lowest BCUT2D eigenvalue weighted by atomic mass is 9.78. The minimum atomic E-state index is -0.780. The van der Waals surface area contributed by atoms with Gasteiger partial charge >= 0.3 is 5.97 Å². The van der Waals surface area contributed by atoms with E-state index in [9.17, 15) is 14.7 Å². The molecule has 89 heavy (non-hydrogen) atoms. The second-order valence-electron chi connectivity index (χ2n) is 24.3. The number of morpholine rings is 1. The number of benzene rings is 6. The Balaban J connectivity index is 0.000000223. The van der Waals surface area contributed by atoms with Gasteiger partial charge in [0, 0.05) is 76.3 Å². The maximum absolute atomic E-state index is 13.5. The summed E-state index contributed by atoms with van der Waals surface area (Å²) in [4.78, 5) is 29.6. The first-order chi connectivity index (χ1) is 43.3. The first-order valence-corrected chi connectivity index (χ1v) is 33.2. The monoisotopic (exact) mass is 1220 g/mol. The molecule has 0 radical (unpaired) electrons. The van der Waals surface area contributed by atoms with Gasteiger partial charge in [-0.1, -0.05) is 173 Å². The molecule has 13 nitrogen and oxygen atoms in total. The van der Waals surface area contributed by atoms with Crippen LogP contribution in [-0.4, -0.2) is 132 Å². The van der Waals surface area contributed by atoms with Crippen LogP contribution in [0.25, 0.3) is 0 Å².